The molecule has 4 heteroatoms. The summed E-state index contributed by atoms with van der Waals surface area (Å²) in [5.74, 6) is 0.781. The molecule has 0 aliphatic heterocycles. The van der Waals surface area contributed by atoms with Crippen LogP contribution in [0.25, 0.3) is 0 Å². The van der Waals surface area contributed by atoms with E-state index in [1.54, 1.807) is 0 Å². The normalized spacial score (nSPS) is 26.7. The van der Waals surface area contributed by atoms with E-state index in [0.717, 1.165) is 28.1 Å². The van der Waals surface area contributed by atoms with Crippen molar-refractivity contribution < 1.29 is 4.21 Å². The monoisotopic (exact) mass is 315 g/mol. The highest BCUT2D eigenvalue weighted by molar-refractivity contribution is 9.10. The molecule has 0 amide bonds. The maximum atomic E-state index is 12.5. The summed E-state index contributed by atoms with van der Waals surface area (Å²) in [6, 6.07) is 5.60. The Morgan fingerprint density at radius 3 is 2.59 bits per heavy atom. The molecule has 0 heterocycles. The van der Waals surface area contributed by atoms with Crippen LogP contribution in [0.4, 0.5) is 5.69 Å². The SMILES string of the molecule is CC1CCC(S(=O)c2cc(Br)ccc2N)CC1. The van der Waals surface area contributed by atoms with Crippen molar-refractivity contribution in [1.29, 1.82) is 0 Å². The molecule has 1 aliphatic carbocycles. The lowest BCUT2D eigenvalue weighted by atomic mass is 9.91. The van der Waals surface area contributed by atoms with E-state index < -0.39 is 10.8 Å². The van der Waals surface area contributed by atoms with Gasteiger partial charge in [0.25, 0.3) is 0 Å². The third kappa shape index (κ3) is 3.10. The second-order valence-corrected chi connectivity index (χ2v) is 7.48. The first-order chi connectivity index (χ1) is 8.08. The molecule has 0 bridgehead atoms. The highest BCUT2D eigenvalue weighted by atomic mass is 79.9. The summed E-state index contributed by atoms with van der Waals surface area (Å²) in [6.45, 7) is 2.27. The Labute approximate surface area is 114 Å². The Morgan fingerprint density at radius 2 is 1.94 bits per heavy atom. The Balaban J connectivity index is 2.16. The number of hydrogen-bond acceptors (Lipinski definition) is 2. The lowest BCUT2D eigenvalue weighted by Gasteiger charge is -2.25. The number of nitrogen functional groups attached to an aromatic ring is 1. The van der Waals surface area contributed by atoms with Crippen LogP contribution in [-0.4, -0.2) is 9.46 Å². The molecule has 1 atom stereocenters. The van der Waals surface area contributed by atoms with Gasteiger partial charge in [0.15, 0.2) is 0 Å². The molecule has 1 unspecified atom stereocenters. The van der Waals surface area contributed by atoms with Crippen molar-refractivity contribution >= 4 is 32.4 Å². The Kier molecular flexibility index (Phi) is 4.26. The minimum Gasteiger partial charge on any atom is -0.398 e. The van der Waals surface area contributed by atoms with Crippen LogP contribution in [0.3, 0.4) is 0 Å². The number of rotatable bonds is 2. The fourth-order valence-corrected chi connectivity index (χ4v) is 4.42. The van der Waals surface area contributed by atoms with E-state index in [0.29, 0.717) is 5.69 Å². The number of hydrogen-bond donors (Lipinski definition) is 1. The van der Waals surface area contributed by atoms with Crippen LogP contribution in [0.15, 0.2) is 27.6 Å². The fourth-order valence-electron chi connectivity index (χ4n) is 2.31. The van der Waals surface area contributed by atoms with Crippen molar-refractivity contribution in [2.75, 3.05) is 5.73 Å². The molecule has 1 aromatic rings. The van der Waals surface area contributed by atoms with Crippen LogP contribution in [-0.2, 0) is 10.8 Å². The topological polar surface area (TPSA) is 43.1 Å². The lowest BCUT2D eigenvalue weighted by molar-refractivity contribution is 0.389. The van der Waals surface area contributed by atoms with Crippen LogP contribution < -0.4 is 5.73 Å². The van der Waals surface area contributed by atoms with E-state index in [1.807, 2.05) is 18.2 Å². The number of halogens is 1. The molecular weight excluding hydrogens is 298 g/mol. The number of benzene rings is 1. The molecule has 0 saturated heterocycles. The summed E-state index contributed by atoms with van der Waals surface area (Å²) >= 11 is 3.41. The maximum Gasteiger partial charge on any atom is 0.0631 e. The van der Waals surface area contributed by atoms with Gasteiger partial charge in [-0.3, -0.25) is 4.21 Å². The van der Waals surface area contributed by atoms with Gasteiger partial charge in [0, 0.05) is 15.4 Å². The molecule has 1 fully saturated rings. The van der Waals surface area contributed by atoms with E-state index in [2.05, 4.69) is 22.9 Å². The highest BCUT2D eigenvalue weighted by Gasteiger charge is 2.25. The second kappa shape index (κ2) is 5.53. The molecule has 2 nitrogen and oxygen atoms in total. The fraction of sp³-hybridized carbons (Fsp3) is 0.538. The Morgan fingerprint density at radius 1 is 1.29 bits per heavy atom. The summed E-state index contributed by atoms with van der Waals surface area (Å²) in [5.41, 5.74) is 6.55. The van der Waals surface area contributed by atoms with Crippen LogP contribution in [0.1, 0.15) is 32.6 Å². The van der Waals surface area contributed by atoms with Crippen LogP contribution >= 0.6 is 15.9 Å². The molecule has 0 aromatic heterocycles. The third-order valence-electron chi connectivity index (χ3n) is 3.46. The van der Waals surface area contributed by atoms with Crippen LogP contribution in [0.2, 0.25) is 0 Å². The van der Waals surface area contributed by atoms with Gasteiger partial charge in [-0.1, -0.05) is 22.9 Å². The van der Waals surface area contributed by atoms with Crippen molar-refractivity contribution in [3.63, 3.8) is 0 Å². The minimum absolute atomic E-state index is 0.280. The first-order valence-corrected chi connectivity index (χ1v) is 8.04. The van der Waals surface area contributed by atoms with Gasteiger partial charge in [-0.15, -0.1) is 0 Å². The van der Waals surface area contributed by atoms with Crippen molar-refractivity contribution in [3.05, 3.63) is 22.7 Å². The van der Waals surface area contributed by atoms with Gasteiger partial charge in [0.05, 0.1) is 15.7 Å². The molecule has 0 spiro atoms. The van der Waals surface area contributed by atoms with Gasteiger partial charge >= 0.3 is 0 Å². The predicted molar refractivity (Wildman–Crippen MR) is 76.4 cm³/mol. The largest absolute Gasteiger partial charge is 0.398 e. The average molecular weight is 316 g/mol. The van der Waals surface area contributed by atoms with Crippen molar-refractivity contribution in [2.24, 2.45) is 5.92 Å². The van der Waals surface area contributed by atoms with Gasteiger partial charge in [-0.2, -0.15) is 0 Å². The minimum atomic E-state index is -0.962. The molecule has 2 N–H and O–H groups in total. The third-order valence-corrected chi connectivity index (χ3v) is 5.82. The van der Waals surface area contributed by atoms with Gasteiger partial charge < -0.3 is 5.73 Å². The van der Waals surface area contributed by atoms with Gasteiger partial charge in [0.2, 0.25) is 0 Å². The van der Waals surface area contributed by atoms with Crippen molar-refractivity contribution in [2.45, 2.75) is 42.8 Å². The van der Waals surface area contributed by atoms with E-state index in [4.69, 9.17) is 5.73 Å². The first-order valence-electron chi connectivity index (χ1n) is 6.03. The average Bonchev–Trinajstić information content (AvgIpc) is 2.32. The zero-order chi connectivity index (χ0) is 12.4. The zero-order valence-electron chi connectivity index (χ0n) is 9.99. The lowest BCUT2D eigenvalue weighted by Crippen LogP contribution is -2.22. The summed E-state index contributed by atoms with van der Waals surface area (Å²) in [6.07, 6.45) is 4.48. The van der Waals surface area contributed by atoms with Crippen LogP contribution in [0, 0.1) is 5.92 Å². The summed E-state index contributed by atoms with van der Waals surface area (Å²) in [5, 5.41) is 0.280. The highest BCUT2D eigenvalue weighted by Crippen LogP contribution is 2.32. The first kappa shape index (κ1) is 13.1. The van der Waals surface area contributed by atoms with Gasteiger partial charge in [0.1, 0.15) is 0 Å². The molecule has 1 aliphatic rings. The molecular formula is C13H18BrNOS. The zero-order valence-corrected chi connectivity index (χ0v) is 12.4. The van der Waals surface area contributed by atoms with E-state index in [9.17, 15) is 4.21 Å². The van der Waals surface area contributed by atoms with E-state index in [-0.39, 0.29) is 5.25 Å². The molecule has 17 heavy (non-hydrogen) atoms. The smallest absolute Gasteiger partial charge is 0.0631 e. The van der Waals surface area contributed by atoms with Gasteiger partial charge in [-0.05, 0) is 49.8 Å². The number of nitrogens with two attached hydrogens (primary N) is 1. The van der Waals surface area contributed by atoms with Crippen molar-refractivity contribution in [1.82, 2.24) is 0 Å². The van der Waals surface area contributed by atoms with E-state index in [1.165, 1.54) is 12.8 Å². The van der Waals surface area contributed by atoms with Gasteiger partial charge in [-0.25, -0.2) is 0 Å². The molecule has 1 saturated carbocycles. The summed E-state index contributed by atoms with van der Waals surface area (Å²) < 4.78 is 13.4. The number of anilines is 1. The molecule has 1 aromatic carbocycles. The predicted octanol–water partition coefficient (Wildman–Crippen LogP) is 3.72. The molecule has 0 radical (unpaired) electrons. The second-order valence-electron chi connectivity index (χ2n) is 4.86. The van der Waals surface area contributed by atoms with Crippen molar-refractivity contribution in [3.8, 4) is 0 Å². The van der Waals surface area contributed by atoms with Crippen LogP contribution in [0.5, 0.6) is 0 Å². The maximum absolute atomic E-state index is 12.5. The Hall–Kier alpha value is -0.350. The van der Waals surface area contributed by atoms with E-state index >= 15 is 0 Å². The molecule has 94 valence electrons. The quantitative estimate of drug-likeness (QED) is 0.845. The molecule has 2 rings (SSSR count). The Bertz CT molecular complexity index is 427. The summed E-state index contributed by atoms with van der Waals surface area (Å²) in [7, 11) is -0.962. The standard InChI is InChI=1S/C13H18BrNOS/c1-9-2-5-11(6-3-9)17(16)13-8-10(14)4-7-12(13)15/h4,7-9,11H,2-3,5-6,15H2,1H3. The summed E-state index contributed by atoms with van der Waals surface area (Å²) in [4.78, 5) is 0.791.